The molecule has 1 aromatic rings. The Balaban J connectivity index is 2.33. The van der Waals surface area contributed by atoms with Crippen LogP contribution in [0.15, 0.2) is 23.1 Å². The minimum atomic E-state index is -3.51. The summed E-state index contributed by atoms with van der Waals surface area (Å²) in [6.45, 7) is 2.21. The molecule has 3 N–H and O–H groups in total. The molecule has 6 heteroatoms. The van der Waals surface area contributed by atoms with Gasteiger partial charge in [0.05, 0.1) is 11.4 Å². The summed E-state index contributed by atoms with van der Waals surface area (Å²) in [7, 11) is -0.493. The van der Waals surface area contributed by atoms with E-state index in [2.05, 4.69) is 12.2 Å². The molecule has 0 heterocycles. The topological polar surface area (TPSA) is 75.4 Å². The van der Waals surface area contributed by atoms with Gasteiger partial charge in [0.1, 0.15) is 4.90 Å². The molecule has 0 spiro atoms. The Hall–Kier alpha value is -1.27. The van der Waals surface area contributed by atoms with Gasteiger partial charge in [-0.15, -0.1) is 0 Å². The molecule has 0 saturated heterocycles. The molecule has 2 unspecified atom stereocenters. The van der Waals surface area contributed by atoms with E-state index in [9.17, 15) is 8.42 Å². The van der Waals surface area contributed by atoms with Crippen LogP contribution in [0.4, 0.5) is 11.4 Å². The van der Waals surface area contributed by atoms with Gasteiger partial charge in [0.15, 0.2) is 0 Å². The quantitative estimate of drug-likeness (QED) is 0.835. The number of anilines is 2. The maximum atomic E-state index is 12.2. The Labute approximate surface area is 121 Å². The molecule has 5 nitrogen and oxygen atoms in total. The summed E-state index contributed by atoms with van der Waals surface area (Å²) in [6.07, 6.45) is 3.51. The van der Waals surface area contributed by atoms with E-state index in [1.807, 2.05) is 6.07 Å². The molecule has 0 aromatic heterocycles. The van der Waals surface area contributed by atoms with E-state index in [1.165, 1.54) is 31.2 Å². The zero-order valence-electron chi connectivity index (χ0n) is 12.3. The van der Waals surface area contributed by atoms with Gasteiger partial charge in [-0.05, 0) is 30.9 Å². The number of nitrogen functional groups attached to an aromatic ring is 1. The van der Waals surface area contributed by atoms with Gasteiger partial charge >= 0.3 is 0 Å². The van der Waals surface area contributed by atoms with Crippen LogP contribution < -0.4 is 11.1 Å². The molecule has 0 radical (unpaired) electrons. The molecule has 112 valence electrons. The number of para-hydroxylation sites is 1. The van der Waals surface area contributed by atoms with Crippen LogP contribution in [0.3, 0.4) is 0 Å². The third-order valence-corrected chi connectivity index (χ3v) is 5.90. The van der Waals surface area contributed by atoms with E-state index in [4.69, 9.17) is 5.73 Å². The Morgan fingerprint density at radius 1 is 1.30 bits per heavy atom. The van der Waals surface area contributed by atoms with Gasteiger partial charge < -0.3 is 11.1 Å². The van der Waals surface area contributed by atoms with E-state index >= 15 is 0 Å². The van der Waals surface area contributed by atoms with Crippen LogP contribution in [0.25, 0.3) is 0 Å². The summed E-state index contributed by atoms with van der Waals surface area (Å²) in [6, 6.07) is 5.49. The van der Waals surface area contributed by atoms with Crippen molar-refractivity contribution in [3.8, 4) is 0 Å². The number of nitrogens with one attached hydrogen (secondary N) is 1. The van der Waals surface area contributed by atoms with Gasteiger partial charge in [-0.25, -0.2) is 12.7 Å². The van der Waals surface area contributed by atoms with Crippen LogP contribution >= 0.6 is 0 Å². The lowest BCUT2D eigenvalue weighted by Crippen LogP contribution is -2.25. The molecule has 1 aliphatic carbocycles. The molecule has 0 aliphatic heterocycles. The van der Waals surface area contributed by atoms with E-state index in [-0.39, 0.29) is 4.90 Å². The Kier molecular flexibility index (Phi) is 4.25. The summed E-state index contributed by atoms with van der Waals surface area (Å²) in [4.78, 5) is 0.165. The highest BCUT2D eigenvalue weighted by atomic mass is 32.2. The van der Waals surface area contributed by atoms with Crippen molar-refractivity contribution >= 4 is 21.4 Å². The number of rotatable bonds is 4. The van der Waals surface area contributed by atoms with Crippen molar-refractivity contribution in [2.24, 2.45) is 5.92 Å². The maximum absolute atomic E-state index is 12.2. The van der Waals surface area contributed by atoms with Crippen molar-refractivity contribution in [2.75, 3.05) is 25.1 Å². The molecule has 1 aromatic carbocycles. The average Bonchev–Trinajstić information content (AvgIpc) is 2.77. The van der Waals surface area contributed by atoms with Crippen LogP contribution in [-0.2, 0) is 10.0 Å². The lowest BCUT2D eigenvalue weighted by Gasteiger charge is -2.21. The average molecular weight is 297 g/mol. The second-order valence-corrected chi connectivity index (χ2v) is 7.78. The first-order valence-electron chi connectivity index (χ1n) is 6.91. The molecular weight excluding hydrogens is 274 g/mol. The second kappa shape index (κ2) is 5.61. The van der Waals surface area contributed by atoms with Crippen molar-refractivity contribution in [2.45, 2.75) is 37.1 Å². The summed E-state index contributed by atoms with van der Waals surface area (Å²) in [5, 5.41) is 3.40. The first-order valence-corrected chi connectivity index (χ1v) is 8.35. The Bertz CT molecular complexity index is 584. The van der Waals surface area contributed by atoms with Crippen molar-refractivity contribution < 1.29 is 8.42 Å². The van der Waals surface area contributed by atoms with E-state index in [1.54, 1.807) is 12.1 Å². The second-order valence-electron chi connectivity index (χ2n) is 5.66. The summed E-state index contributed by atoms with van der Waals surface area (Å²) >= 11 is 0. The van der Waals surface area contributed by atoms with Crippen LogP contribution in [-0.4, -0.2) is 32.9 Å². The molecule has 1 aliphatic rings. The molecule has 0 amide bonds. The van der Waals surface area contributed by atoms with Gasteiger partial charge in [0.25, 0.3) is 0 Å². The summed E-state index contributed by atoms with van der Waals surface area (Å²) in [5.74, 6) is 0.587. The highest BCUT2D eigenvalue weighted by Gasteiger charge is 2.26. The molecule has 1 saturated carbocycles. The van der Waals surface area contributed by atoms with E-state index < -0.39 is 10.0 Å². The zero-order valence-corrected chi connectivity index (χ0v) is 13.1. The number of hydrogen-bond acceptors (Lipinski definition) is 4. The highest BCUT2D eigenvalue weighted by Crippen LogP contribution is 2.33. The van der Waals surface area contributed by atoms with E-state index in [0.717, 1.165) is 6.42 Å². The zero-order chi connectivity index (χ0) is 14.9. The smallest absolute Gasteiger partial charge is 0.244 e. The summed E-state index contributed by atoms with van der Waals surface area (Å²) in [5.41, 5.74) is 7.08. The molecule has 2 rings (SSSR count). The largest absolute Gasteiger partial charge is 0.396 e. The fourth-order valence-corrected chi connectivity index (χ4v) is 3.68. The fourth-order valence-electron chi connectivity index (χ4n) is 2.65. The van der Waals surface area contributed by atoms with Crippen molar-refractivity contribution in [3.63, 3.8) is 0 Å². The highest BCUT2D eigenvalue weighted by molar-refractivity contribution is 7.89. The van der Waals surface area contributed by atoms with Gasteiger partial charge in [-0.2, -0.15) is 0 Å². The summed E-state index contributed by atoms with van der Waals surface area (Å²) < 4.78 is 25.6. The van der Waals surface area contributed by atoms with Crippen LogP contribution in [0.5, 0.6) is 0 Å². The minimum Gasteiger partial charge on any atom is -0.396 e. The lowest BCUT2D eigenvalue weighted by atomic mass is 10.1. The van der Waals surface area contributed by atoms with Crippen molar-refractivity contribution in [3.05, 3.63) is 18.2 Å². The number of nitrogens with zero attached hydrogens (tertiary/aromatic N) is 1. The van der Waals surface area contributed by atoms with Gasteiger partial charge in [0.2, 0.25) is 10.0 Å². The molecule has 0 bridgehead atoms. The predicted octanol–water partition coefficient (Wildman–Crippen LogP) is 2.12. The Morgan fingerprint density at radius 3 is 2.55 bits per heavy atom. The van der Waals surface area contributed by atoms with Gasteiger partial charge in [-0.3, -0.25) is 0 Å². The minimum absolute atomic E-state index is 0.165. The Morgan fingerprint density at radius 2 is 2.00 bits per heavy atom. The first kappa shape index (κ1) is 15.1. The van der Waals surface area contributed by atoms with E-state index in [0.29, 0.717) is 23.3 Å². The van der Waals surface area contributed by atoms with Crippen molar-refractivity contribution in [1.29, 1.82) is 0 Å². The van der Waals surface area contributed by atoms with Gasteiger partial charge in [-0.1, -0.05) is 19.4 Å². The molecular formula is C14H23N3O2S. The number of hydrogen-bond donors (Lipinski definition) is 2. The SMILES string of the molecule is CC1CCCC1Nc1cccc(S(=O)(=O)N(C)C)c1N. The monoisotopic (exact) mass is 297 g/mol. The fraction of sp³-hybridized carbons (Fsp3) is 0.571. The normalized spacial score (nSPS) is 23.2. The standard InChI is InChI=1S/C14H23N3O2S/c1-10-6-4-7-11(10)16-12-8-5-9-13(14(12)15)20(18,19)17(2)3/h5,8-11,16H,4,6-7,15H2,1-3H3. The molecule has 2 atom stereocenters. The third kappa shape index (κ3) is 2.76. The predicted molar refractivity (Wildman–Crippen MR) is 82.2 cm³/mol. The molecule has 1 fully saturated rings. The number of nitrogens with two attached hydrogens (primary N) is 1. The van der Waals surface area contributed by atoms with Crippen LogP contribution in [0.1, 0.15) is 26.2 Å². The van der Waals surface area contributed by atoms with Crippen LogP contribution in [0, 0.1) is 5.92 Å². The first-order chi connectivity index (χ1) is 9.34. The number of sulfonamides is 1. The third-order valence-electron chi connectivity index (χ3n) is 4.03. The van der Waals surface area contributed by atoms with Crippen molar-refractivity contribution in [1.82, 2.24) is 4.31 Å². The lowest BCUT2D eigenvalue weighted by molar-refractivity contribution is 0.521. The number of benzene rings is 1. The van der Waals surface area contributed by atoms with Gasteiger partial charge in [0, 0.05) is 20.1 Å². The maximum Gasteiger partial charge on any atom is 0.244 e. The molecule has 20 heavy (non-hydrogen) atoms. The van der Waals surface area contributed by atoms with Crippen LogP contribution in [0.2, 0.25) is 0 Å².